The van der Waals surface area contributed by atoms with Crippen LogP contribution in [0.5, 0.6) is 0 Å². The summed E-state index contributed by atoms with van der Waals surface area (Å²) in [5, 5.41) is 10.4. The van der Waals surface area contributed by atoms with Crippen molar-refractivity contribution in [2.24, 2.45) is 11.7 Å². The van der Waals surface area contributed by atoms with E-state index in [0.717, 1.165) is 19.3 Å². The SMILES string of the molecule is NC1CCC(O)(C2CCCCC2)C1. The van der Waals surface area contributed by atoms with E-state index in [-0.39, 0.29) is 11.6 Å². The van der Waals surface area contributed by atoms with Gasteiger partial charge in [0.05, 0.1) is 5.60 Å². The first kappa shape index (κ1) is 9.47. The summed E-state index contributed by atoms with van der Waals surface area (Å²) < 4.78 is 0. The lowest BCUT2D eigenvalue weighted by molar-refractivity contribution is -0.0277. The fraction of sp³-hybridized carbons (Fsp3) is 1.00. The van der Waals surface area contributed by atoms with E-state index in [2.05, 4.69) is 0 Å². The number of nitrogens with two attached hydrogens (primary N) is 1. The Morgan fingerprint density at radius 3 is 2.31 bits per heavy atom. The minimum atomic E-state index is -0.389. The summed E-state index contributed by atoms with van der Waals surface area (Å²) in [6, 6.07) is 0.256. The minimum Gasteiger partial charge on any atom is -0.390 e. The van der Waals surface area contributed by atoms with Crippen molar-refractivity contribution in [3.63, 3.8) is 0 Å². The van der Waals surface area contributed by atoms with Crippen LogP contribution >= 0.6 is 0 Å². The fourth-order valence-electron chi connectivity index (χ4n) is 3.10. The number of hydrogen-bond acceptors (Lipinski definition) is 2. The molecular weight excluding hydrogens is 162 g/mol. The van der Waals surface area contributed by atoms with Crippen molar-refractivity contribution in [1.29, 1.82) is 0 Å². The van der Waals surface area contributed by atoms with Crippen molar-refractivity contribution >= 4 is 0 Å². The molecule has 0 heterocycles. The second-order valence-electron chi connectivity index (χ2n) is 4.94. The van der Waals surface area contributed by atoms with Crippen LogP contribution < -0.4 is 5.73 Å². The Morgan fingerprint density at radius 1 is 1.08 bits per heavy atom. The molecule has 3 N–H and O–H groups in total. The van der Waals surface area contributed by atoms with Crippen LogP contribution in [0.2, 0.25) is 0 Å². The monoisotopic (exact) mass is 183 g/mol. The smallest absolute Gasteiger partial charge is 0.0691 e. The quantitative estimate of drug-likeness (QED) is 0.651. The highest BCUT2D eigenvalue weighted by Crippen LogP contribution is 2.42. The third-order valence-corrected chi connectivity index (χ3v) is 3.93. The van der Waals surface area contributed by atoms with E-state index in [9.17, 15) is 5.11 Å². The van der Waals surface area contributed by atoms with Crippen LogP contribution in [0.25, 0.3) is 0 Å². The second kappa shape index (κ2) is 3.58. The van der Waals surface area contributed by atoms with E-state index >= 15 is 0 Å². The van der Waals surface area contributed by atoms with E-state index in [0.29, 0.717) is 5.92 Å². The molecule has 2 aliphatic rings. The fourth-order valence-corrected chi connectivity index (χ4v) is 3.10. The maximum Gasteiger partial charge on any atom is 0.0691 e. The van der Waals surface area contributed by atoms with Crippen LogP contribution in [-0.2, 0) is 0 Å². The zero-order valence-corrected chi connectivity index (χ0v) is 8.34. The zero-order valence-electron chi connectivity index (χ0n) is 8.34. The predicted octanol–water partition coefficient (Wildman–Crippen LogP) is 1.81. The van der Waals surface area contributed by atoms with E-state index in [1.54, 1.807) is 0 Å². The molecule has 0 aromatic heterocycles. The van der Waals surface area contributed by atoms with Crippen molar-refractivity contribution in [2.45, 2.75) is 63.0 Å². The van der Waals surface area contributed by atoms with Crippen LogP contribution in [0.4, 0.5) is 0 Å². The first-order valence-corrected chi connectivity index (χ1v) is 5.69. The summed E-state index contributed by atoms with van der Waals surface area (Å²) in [6.07, 6.45) is 9.24. The summed E-state index contributed by atoms with van der Waals surface area (Å²) in [5.41, 5.74) is 5.47. The molecule has 2 saturated carbocycles. The maximum absolute atomic E-state index is 10.4. The summed E-state index contributed by atoms with van der Waals surface area (Å²) in [5.74, 6) is 0.551. The molecule has 2 nitrogen and oxygen atoms in total. The second-order valence-corrected chi connectivity index (χ2v) is 4.94. The largest absolute Gasteiger partial charge is 0.390 e. The summed E-state index contributed by atoms with van der Waals surface area (Å²) in [4.78, 5) is 0. The zero-order chi connectivity index (χ0) is 9.31. The van der Waals surface area contributed by atoms with E-state index in [1.807, 2.05) is 0 Å². The lowest BCUT2D eigenvalue weighted by Crippen LogP contribution is -2.37. The van der Waals surface area contributed by atoms with Gasteiger partial charge in [0.1, 0.15) is 0 Å². The molecule has 76 valence electrons. The first-order chi connectivity index (χ1) is 6.21. The van der Waals surface area contributed by atoms with Crippen LogP contribution in [-0.4, -0.2) is 16.7 Å². The van der Waals surface area contributed by atoms with Crippen LogP contribution in [0.3, 0.4) is 0 Å². The molecule has 2 unspecified atom stereocenters. The van der Waals surface area contributed by atoms with Gasteiger partial charge in [-0.15, -0.1) is 0 Å². The van der Waals surface area contributed by atoms with Gasteiger partial charge in [-0.2, -0.15) is 0 Å². The summed E-state index contributed by atoms with van der Waals surface area (Å²) in [7, 11) is 0. The van der Waals surface area contributed by atoms with Gasteiger partial charge < -0.3 is 10.8 Å². The van der Waals surface area contributed by atoms with Gasteiger partial charge in [-0.25, -0.2) is 0 Å². The number of aliphatic hydroxyl groups is 1. The Bertz CT molecular complexity index is 177. The Hall–Kier alpha value is -0.0800. The molecule has 2 aliphatic carbocycles. The highest BCUT2D eigenvalue weighted by atomic mass is 16.3. The molecular formula is C11H21NO. The number of rotatable bonds is 1. The van der Waals surface area contributed by atoms with Crippen molar-refractivity contribution in [3.8, 4) is 0 Å². The van der Waals surface area contributed by atoms with Gasteiger partial charge in [-0.3, -0.25) is 0 Å². The normalized spacial score (nSPS) is 42.5. The van der Waals surface area contributed by atoms with Crippen LogP contribution in [0.1, 0.15) is 51.4 Å². The van der Waals surface area contributed by atoms with Crippen molar-refractivity contribution in [2.75, 3.05) is 0 Å². The minimum absolute atomic E-state index is 0.256. The third kappa shape index (κ3) is 1.89. The summed E-state index contributed by atoms with van der Waals surface area (Å²) >= 11 is 0. The van der Waals surface area contributed by atoms with Crippen molar-refractivity contribution < 1.29 is 5.11 Å². The topological polar surface area (TPSA) is 46.2 Å². The summed E-state index contributed by atoms with van der Waals surface area (Å²) in [6.45, 7) is 0. The molecule has 0 aliphatic heterocycles. The molecule has 0 aromatic carbocycles. The molecule has 0 amide bonds. The molecule has 0 radical (unpaired) electrons. The molecule has 0 saturated heterocycles. The Balaban J connectivity index is 1.97. The first-order valence-electron chi connectivity index (χ1n) is 5.69. The van der Waals surface area contributed by atoms with Gasteiger partial charge in [0, 0.05) is 6.04 Å². The Morgan fingerprint density at radius 2 is 1.77 bits per heavy atom. The van der Waals surface area contributed by atoms with Gasteiger partial charge in [-0.1, -0.05) is 19.3 Å². The van der Waals surface area contributed by atoms with E-state index in [1.165, 1.54) is 32.1 Å². The lowest BCUT2D eigenvalue weighted by atomic mass is 9.76. The van der Waals surface area contributed by atoms with Crippen LogP contribution in [0, 0.1) is 5.92 Å². The van der Waals surface area contributed by atoms with Gasteiger partial charge in [0.25, 0.3) is 0 Å². The Labute approximate surface area is 80.5 Å². The lowest BCUT2D eigenvalue weighted by Gasteiger charge is -2.35. The highest BCUT2D eigenvalue weighted by molar-refractivity contribution is 4.96. The average Bonchev–Trinajstić information content (AvgIpc) is 2.49. The Kier molecular flexibility index (Phi) is 2.61. The average molecular weight is 183 g/mol. The molecule has 0 spiro atoms. The molecule has 0 bridgehead atoms. The van der Waals surface area contributed by atoms with Crippen molar-refractivity contribution in [1.82, 2.24) is 0 Å². The maximum atomic E-state index is 10.4. The molecule has 2 rings (SSSR count). The standard InChI is InChI=1S/C11H21NO/c12-10-6-7-11(13,8-10)9-4-2-1-3-5-9/h9-10,13H,1-8,12H2. The van der Waals surface area contributed by atoms with Crippen molar-refractivity contribution in [3.05, 3.63) is 0 Å². The van der Waals surface area contributed by atoms with Gasteiger partial charge in [0.15, 0.2) is 0 Å². The van der Waals surface area contributed by atoms with Crippen LogP contribution in [0.15, 0.2) is 0 Å². The molecule has 13 heavy (non-hydrogen) atoms. The van der Waals surface area contributed by atoms with Gasteiger partial charge in [0.2, 0.25) is 0 Å². The highest BCUT2D eigenvalue weighted by Gasteiger charge is 2.42. The predicted molar refractivity (Wildman–Crippen MR) is 53.4 cm³/mol. The van der Waals surface area contributed by atoms with E-state index in [4.69, 9.17) is 5.73 Å². The molecule has 2 heteroatoms. The molecule has 2 atom stereocenters. The van der Waals surface area contributed by atoms with E-state index < -0.39 is 0 Å². The molecule has 2 fully saturated rings. The van der Waals surface area contributed by atoms with Gasteiger partial charge >= 0.3 is 0 Å². The molecule has 0 aromatic rings. The third-order valence-electron chi connectivity index (χ3n) is 3.93. The van der Waals surface area contributed by atoms with Gasteiger partial charge in [-0.05, 0) is 38.0 Å². The number of hydrogen-bond donors (Lipinski definition) is 2.